The number of nitrogens with zero attached hydrogens (tertiary/aromatic N) is 3. The second kappa shape index (κ2) is 9.07. The van der Waals surface area contributed by atoms with Crippen molar-refractivity contribution in [2.75, 3.05) is 6.54 Å². The first-order chi connectivity index (χ1) is 14.2. The van der Waals surface area contributed by atoms with E-state index >= 15 is 0 Å². The predicted octanol–water partition coefficient (Wildman–Crippen LogP) is 3.87. The van der Waals surface area contributed by atoms with Gasteiger partial charge in [0.05, 0.1) is 22.6 Å². The highest BCUT2D eigenvalue weighted by Crippen LogP contribution is 2.14. The van der Waals surface area contributed by atoms with Crippen LogP contribution >= 0.6 is 11.3 Å². The van der Waals surface area contributed by atoms with Crippen molar-refractivity contribution in [1.82, 2.24) is 25.3 Å². The minimum atomic E-state index is 0.0750. The maximum atomic E-state index is 12.4. The fourth-order valence-corrected chi connectivity index (χ4v) is 3.96. The number of carbonyl (C=O) groups excluding carboxylic acids is 1. The van der Waals surface area contributed by atoms with Crippen molar-refractivity contribution in [3.05, 3.63) is 75.8 Å². The molecule has 0 bridgehead atoms. The quantitative estimate of drug-likeness (QED) is 0.326. The molecular weight excluding hydrogens is 382 g/mol. The number of thiazole rings is 1. The molecule has 0 unspecified atom stereocenters. The molecule has 4 aromatic rings. The molecule has 0 aliphatic carbocycles. The van der Waals surface area contributed by atoms with Gasteiger partial charge >= 0.3 is 0 Å². The third kappa shape index (κ3) is 5.13. The van der Waals surface area contributed by atoms with E-state index in [2.05, 4.69) is 25.3 Å². The maximum Gasteiger partial charge on any atom is 0.182 e. The van der Waals surface area contributed by atoms with Gasteiger partial charge in [-0.05, 0) is 37.6 Å². The molecule has 0 fully saturated rings. The van der Waals surface area contributed by atoms with Crippen LogP contribution in [0, 0.1) is 6.92 Å². The Morgan fingerprint density at radius 1 is 1.07 bits per heavy atom. The second-order valence-corrected chi connectivity index (χ2v) is 7.89. The summed E-state index contributed by atoms with van der Waals surface area (Å²) in [6.45, 7) is 3.42. The van der Waals surface area contributed by atoms with Crippen LogP contribution in [0.1, 0.15) is 39.1 Å². The zero-order chi connectivity index (χ0) is 20.1. The Morgan fingerprint density at radius 2 is 1.97 bits per heavy atom. The van der Waals surface area contributed by atoms with E-state index in [-0.39, 0.29) is 5.78 Å². The van der Waals surface area contributed by atoms with Crippen LogP contribution in [0.5, 0.6) is 0 Å². The molecular formula is C22H23N5OS. The summed E-state index contributed by atoms with van der Waals surface area (Å²) in [7, 11) is 0. The highest BCUT2D eigenvalue weighted by atomic mass is 32.1. The summed E-state index contributed by atoms with van der Waals surface area (Å²) >= 11 is 1.54. The van der Waals surface area contributed by atoms with Crippen molar-refractivity contribution >= 4 is 28.2 Å². The minimum Gasteiger partial charge on any atom is -0.341 e. The van der Waals surface area contributed by atoms with Crippen molar-refractivity contribution in [3.63, 3.8) is 0 Å². The van der Waals surface area contributed by atoms with Crippen molar-refractivity contribution < 1.29 is 4.79 Å². The molecule has 0 aliphatic rings. The van der Waals surface area contributed by atoms with E-state index in [1.807, 2.05) is 54.8 Å². The molecule has 0 radical (unpaired) electrons. The summed E-state index contributed by atoms with van der Waals surface area (Å²) in [5, 5.41) is 6.21. The highest BCUT2D eigenvalue weighted by Gasteiger charge is 2.11. The first-order valence-corrected chi connectivity index (χ1v) is 10.6. The highest BCUT2D eigenvalue weighted by molar-refractivity contribution is 7.09. The molecule has 148 valence electrons. The third-order valence-electron chi connectivity index (χ3n) is 4.64. The van der Waals surface area contributed by atoms with E-state index in [9.17, 15) is 4.79 Å². The molecule has 1 aromatic carbocycles. The monoisotopic (exact) mass is 405 g/mol. The number of imidazole rings is 1. The maximum absolute atomic E-state index is 12.4. The molecule has 0 amide bonds. The van der Waals surface area contributed by atoms with E-state index in [1.165, 1.54) is 0 Å². The lowest BCUT2D eigenvalue weighted by atomic mass is 10.1. The van der Waals surface area contributed by atoms with Crippen molar-refractivity contribution in [3.8, 4) is 0 Å². The largest absolute Gasteiger partial charge is 0.341 e. The Balaban J connectivity index is 1.23. The first-order valence-electron chi connectivity index (χ1n) is 9.72. The van der Waals surface area contributed by atoms with Crippen LogP contribution in [0.25, 0.3) is 11.0 Å². The number of Topliss-reactive ketones (excluding diaryl/α,β-unsaturated/α-hetero) is 1. The summed E-state index contributed by atoms with van der Waals surface area (Å²) in [4.78, 5) is 29.2. The lowest BCUT2D eigenvalue weighted by molar-refractivity contribution is 0.0978. The Morgan fingerprint density at radius 3 is 2.83 bits per heavy atom. The smallest absolute Gasteiger partial charge is 0.182 e. The van der Waals surface area contributed by atoms with Crippen LogP contribution in [-0.4, -0.2) is 32.3 Å². The molecule has 0 spiro atoms. The lowest BCUT2D eigenvalue weighted by Crippen LogP contribution is -2.17. The molecule has 2 N–H and O–H groups in total. The Labute approximate surface area is 173 Å². The van der Waals surface area contributed by atoms with Gasteiger partial charge in [-0.15, -0.1) is 11.3 Å². The summed E-state index contributed by atoms with van der Waals surface area (Å²) in [5.74, 6) is 0.997. The van der Waals surface area contributed by atoms with E-state index in [4.69, 9.17) is 0 Å². The van der Waals surface area contributed by atoms with Crippen LogP contribution in [0.3, 0.4) is 0 Å². The molecule has 29 heavy (non-hydrogen) atoms. The predicted molar refractivity (Wildman–Crippen MR) is 115 cm³/mol. The summed E-state index contributed by atoms with van der Waals surface area (Å²) < 4.78 is 0. The number of benzene rings is 1. The SMILES string of the molecule is Cc1cccc(CCC(=O)c2csc(CCNCc3nc4ccccc4[nH]3)n2)n1. The number of aryl methyl sites for hydroxylation is 2. The average Bonchev–Trinajstić information content (AvgIpc) is 3.36. The van der Waals surface area contributed by atoms with E-state index in [0.717, 1.165) is 46.2 Å². The van der Waals surface area contributed by atoms with Gasteiger partial charge in [0.1, 0.15) is 11.5 Å². The zero-order valence-electron chi connectivity index (χ0n) is 16.3. The van der Waals surface area contributed by atoms with E-state index in [0.29, 0.717) is 25.1 Å². The number of carbonyl (C=O) groups is 1. The molecule has 3 heterocycles. The first kappa shape index (κ1) is 19.4. The fourth-order valence-electron chi connectivity index (χ4n) is 3.15. The van der Waals surface area contributed by atoms with Gasteiger partial charge in [-0.25, -0.2) is 9.97 Å². The Bertz CT molecular complexity index is 1080. The van der Waals surface area contributed by atoms with Crippen LogP contribution < -0.4 is 5.32 Å². The fraction of sp³-hybridized carbons (Fsp3) is 0.273. The topological polar surface area (TPSA) is 83.6 Å². The minimum absolute atomic E-state index is 0.0750. The average molecular weight is 406 g/mol. The number of nitrogens with one attached hydrogen (secondary N) is 2. The van der Waals surface area contributed by atoms with Crippen molar-refractivity contribution in [2.45, 2.75) is 32.7 Å². The molecule has 3 aromatic heterocycles. The number of fused-ring (bicyclic) bond motifs is 1. The standard InChI is InChI=1S/C22H23N5OS/c1-15-5-4-6-16(24-15)9-10-20(28)19-14-29-22(27-19)11-12-23-13-21-25-17-7-2-3-8-18(17)26-21/h2-8,14,23H,9-13H2,1H3,(H,25,26). The van der Waals surface area contributed by atoms with Crippen LogP contribution in [0.15, 0.2) is 47.8 Å². The van der Waals surface area contributed by atoms with Gasteiger partial charge in [-0.2, -0.15) is 0 Å². The summed E-state index contributed by atoms with van der Waals surface area (Å²) in [6.07, 6.45) is 1.87. The number of hydrogen-bond donors (Lipinski definition) is 2. The van der Waals surface area contributed by atoms with Gasteiger partial charge in [-0.1, -0.05) is 18.2 Å². The number of ketones is 1. The number of aromatic amines is 1. The number of pyridine rings is 1. The number of H-pyrrole nitrogens is 1. The summed E-state index contributed by atoms with van der Waals surface area (Å²) in [5.41, 5.74) is 4.51. The molecule has 0 saturated heterocycles. The number of rotatable bonds is 9. The van der Waals surface area contributed by atoms with Gasteiger partial charge in [0.25, 0.3) is 0 Å². The van der Waals surface area contributed by atoms with Crippen LogP contribution in [-0.2, 0) is 19.4 Å². The van der Waals surface area contributed by atoms with E-state index < -0.39 is 0 Å². The van der Waals surface area contributed by atoms with Crippen molar-refractivity contribution in [1.29, 1.82) is 0 Å². The van der Waals surface area contributed by atoms with Crippen LogP contribution in [0.2, 0.25) is 0 Å². The molecule has 6 nitrogen and oxygen atoms in total. The molecule has 0 aliphatic heterocycles. The summed E-state index contributed by atoms with van der Waals surface area (Å²) in [6, 6.07) is 13.9. The molecule has 4 rings (SSSR count). The van der Waals surface area contributed by atoms with Gasteiger partial charge in [0, 0.05) is 36.2 Å². The van der Waals surface area contributed by atoms with E-state index in [1.54, 1.807) is 11.3 Å². The van der Waals surface area contributed by atoms with Gasteiger partial charge < -0.3 is 10.3 Å². The normalized spacial score (nSPS) is 11.2. The number of para-hydroxylation sites is 2. The molecule has 0 saturated carbocycles. The van der Waals surface area contributed by atoms with Gasteiger partial charge in [-0.3, -0.25) is 9.78 Å². The Kier molecular flexibility index (Phi) is 6.07. The second-order valence-electron chi connectivity index (χ2n) is 6.95. The molecule has 7 heteroatoms. The van der Waals surface area contributed by atoms with Crippen LogP contribution in [0.4, 0.5) is 0 Å². The Hall–Kier alpha value is -2.90. The number of aromatic nitrogens is 4. The number of hydrogen-bond acceptors (Lipinski definition) is 6. The van der Waals surface area contributed by atoms with Gasteiger partial charge in [0.15, 0.2) is 5.78 Å². The molecule has 0 atom stereocenters. The van der Waals surface area contributed by atoms with Crippen molar-refractivity contribution in [2.24, 2.45) is 0 Å². The van der Waals surface area contributed by atoms with Gasteiger partial charge in [0.2, 0.25) is 0 Å². The lowest BCUT2D eigenvalue weighted by Gasteiger charge is -2.01. The zero-order valence-corrected chi connectivity index (χ0v) is 17.1. The third-order valence-corrected chi connectivity index (χ3v) is 5.55.